The Hall–Kier alpha value is -0.820. The second-order valence-corrected chi connectivity index (χ2v) is 1.76. The molecule has 0 aromatic carbocycles. The molecule has 0 aromatic rings. The third-order valence-electron chi connectivity index (χ3n) is 1.02. The van der Waals surface area contributed by atoms with Crippen LogP contribution in [0.3, 0.4) is 0 Å². The Labute approximate surface area is 56.6 Å². The predicted octanol–water partition coefficient (Wildman–Crippen LogP) is 1.63. The molecule has 0 aliphatic carbocycles. The van der Waals surface area contributed by atoms with Crippen LogP contribution in [-0.2, 0) is 0 Å². The van der Waals surface area contributed by atoms with Gasteiger partial charge in [0.2, 0.25) is 0 Å². The van der Waals surface area contributed by atoms with Crippen molar-refractivity contribution in [2.75, 3.05) is 6.54 Å². The van der Waals surface area contributed by atoms with E-state index in [4.69, 9.17) is 5.73 Å². The summed E-state index contributed by atoms with van der Waals surface area (Å²) in [5.74, 6) is 0. The van der Waals surface area contributed by atoms with Crippen LogP contribution < -0.4 is 5.73 Å². The molecule has 0 bridgehead atoms. The Bertz CT molecular complexity index is 123. The van der Waals surface area contributed by atoms with E-state index in [1.165, 1.54) is 5.57 Å². The molecule has 0 radical (unpaired) electrons. The number of nitrogens with two attached hydrogens (primary N) is 1. The lowest BCUT2D eigenvalue weighted by atomic mass is 10.2. The minimum Gasteiger partial charge on any atom is -0.327 e. The zero-order chi connectivity index (χ0) is 7.11. The molecule has 0 saturated carbocycles. The molecule has 0 aliphatic heterocycles. The highest BCUT2D eigenvalue weighted by molar-refractivity contribution is 5.13. The fourth-order valence-electron chi connectivity index (χ4n) is 0.571. The van der Waals surface area contributed by atoms with Gasteiger partial charge in [-0.1, -0.05) is 30.4 Å². The summed E-state index contributed by atoms with van der Waals surface area (Å²) in [6.45, 7) is 7.76. The topological polar surface area (TPSA) is 26.0 Å². The molecule has 0 aliphatic rings. The highest BCUT2D eigenvalue weighted by atomic mass is 14.5. The van der Waals surface area contributed by atoms with Gasteiger partial charge in [-0.3, -0.25) is 0 Å². The van der Waals surface area contributed by atoms with Crippen molar-refractivity contribution < 1.29 is 0 Å². The highest BCUT2D eigenvalue weighted by Gasteiger charge is 1.85. The van der Waals surface area contributed by atoms with Crippen LogP contribution in [0, 0.1) is 0 Å². The van der Waals surface area contributed by atoms with E-state index in [1.54, 1.807) is 6.08 Å². The lowest BCUT2D eigenvalue weighted by Gasteiger charge is -1.95. The summed E-state index contributed by atoms with van der Waals surface area (Å²) in [4.78, 5) is 0. The predicted molar refractivity (Wildman–Crippen MR) is 42.1 cm³/mol. The molecule has 1 heteroatoms. The van der Waals surface area contributed by atoms with Crippen LogP contribution in [0.15, 0.2) is 37.0 Å². The first kappa shape index (κ1) is 8.18. The molecule has 0 atom stereocenters. The zero-order valence-electron chi connectivity index (χ0n) is 5.64. The Kier molecular flexibility index (Phi) is 4.83. The van der Waals surface area contributed by atoms with Crippen LogP contribution in [0.25, 0.3) is 0 Å². The molecule has 0 unspecified atom stereocenters. The maximum Gasteiger partial charge on any atom is 0.0143 e. The summed E-state index contributed by atoms with van der Waals surface area (Å²) in [6, 6.07) is 0. The van der Waals surface area contributed by atoms with Crippen LogP contribution >= 0.6 is 0 Å². The van der Waals surface area contributed by atoms with Gasteiger partial charge in [-0.05, 0) is 6.42 Å². The van der Waals surface area contributed by atoms with Crippen LogP contribution in [0.2, 0.25) is 0 Å². The molecule has 50 valence electrons. The minimum absolute atomic E-state index is 0.595. The largest absolute Gasteiger partial charge is 0.327 e. The standard InChI is InChI=1S/C8H13N/c1-3-5-8(7-9)6-4-2/h3-5H,1-2,6-7,9H2/b8-5+. The number of allylic oxidation sites excluding steroid dienone is 3. The first-order valence-electron chi connectivity index (χ1n) is 2.96. The lowest BCUT2D eigenvalue weighted by Crippen LogP contribution is -2.01. The Morgan fingerprint density at radius 1 is 1.44 bits per heavy atom. The van der Waals surface area contributed by atoms with Gasteiger partial charge in [0, 0.05) is 6.54 Å². The van der Waals surface area contributed by atoms with Gasteiger partial charge in [0.25, 0.3) is 0 Å². The second kappa shape index (κ2) is 5.32. The Morgan fingerprint density at radius 3 is 2.44 bits per heavy atom. The average molecular weight is 123 g/mol. The summed E-state index contributed by atoms with van der Waals surface area (Å²) in [6.07, 6.45) is 6.36. The van der Waals surface area contributed by atoms with E-state index in [2.05, 4.69) is 13.2 Å². The monoisotopic (exact) mass is 123 g/mol. The van der Waals surface area contributed by atoms with Gasteiger partial charge in [0.15, 0.2) is 0 Å². The van der Waals surface area contributed by atoms with Crippen molar-refractivity contribution in [3.05, 3.63) is 37.0 Å². The van der Waals surface area contributed by atoms with E-state index in [-0.39, 0.29) is 0 Å². The number of hydrogen-bond donors (Lipinski definition) is 1. The normalized spacial score (nSPS) is 11.0. The molecule has 1 nitrogen and oxygen atoms in total. The first-order chi connectivity index (χ1) is 4.35. The van der Waals surface area contributed by atoms with E-state index >= 15 is 0 Å². The van der Waals surface area contributed by atoms with Crippen molar-refractivity contribution >= 4 is 0 Å². The van der Waals surface area contributed by atoms with Gasteiger partial charge in [0.05, 0.1) is 0 Å². The van der Waals surface area contributed by atoms with E-state index < -0.39 is 0 Å². The summed E-state index contributed by atoms with van der Waals surface area (Å²) in [5.41, 5.74) is 6.55. The third-order valence-corrected chi connectivity index (χ3v) is 1.02. The van der Waals surface area contributed by atoms with E-state index in [0.717, 1.165) is 6.42 Å². The maximum atomic E-state index is 5.38. The van der Waals surface area contributed by atoms with Gasteiger partial charge < -0.3 is 5.73 Å². The molecule has 0 spiro atoms. The Balaban J connectivity index is 3.79. The minimum atomic E-state index is 0.595. The molecule has 0 fully saturated rings. The fraction of sp³-hybridized carbons (Fsp3) is 0.250. The molecular formula is C8H13N. The number of rotatable bonds is 4. The Morgan fingerprint density at radius 2 is 2.11 bits per heavy atom. The summed E-state index contributed by atoms with van der Waals surface area (Å²) >= 11 is 0. The molecule has 9 heavy (non-hydrogen) atoms. The van der Waals surface area contributed by atoms with E-state index in [0.29, 0.717) is 6.54 Å². The smallest absolute Gasteiger partial charge is 0.0143 e. The van der Waals surface area contributed by atoms with Crippen LogP contribution in [-0.4, -0.2) is 6.54 Å². The second-order valence-electron chi connectivity index (χ2n) is 1.76. The zero-order valence-corrected chi connectivity index (χ0v) is 5.64. The molecule has 0 aromatic heterocycles. The summed E-state index contributed by atoms with van der Waals surface area (Å²) < 4.78 is 0. The van der Waals surface area contributed by atoms with Crippen molar-refractivity contribution in [2.24, 2.45) is 5.73 Å². The third kappa shape index (κ3) is 3.74. The van der Waals surface area contributed by atoms with E-state index in [9.17, 15) is 0 Å². The molecule has 0 amide bonds. The molecular weight excluding hydrogens is 110 g/mol. The fourth-order valence-corrected chi connectivity index (χ4v) is 0.571. The summed E-state index contributed by atoms with van der Waals surface area (Å²) in [5, 5.41) is 0. The first-order valence-corrected chi connectivity index (χ1v) is 2.96. The van der Waals surface area contributed by atoms with E-state index in [1.807, 2.05) is 12.2 Å². The summed E-state index contributed by atoms with van der Waals surface area (Å²) in [7, 11) is 0. The molecule has 2 N–H and O–H groups in total. The van der Waals surface area contributed by atoms with Gasteiger partial charge in [-0.15, -0.1) is 6.58 Å². The average Bonchev–Trinajstić information content (AvgIpc) is 1.88. The molecule has 0 rings (SSSR count). The van der Waals surface area contributed by atoms with Crippen LogP contribution in [0.5, 0.6) is 0 Å². The van der Waals surface area contributed by atoms with Crippen LogP contribution in [0.4, 0.5) is 0 Å². The van der Waals surface area contributed by atoms with Crippen molar-refractivity contribution in [3.63, 3.8) is 0 Å². The van der Waals surface area contributed by atoms with Gasteiger partial charge in [-0.2, -0.15) is 0 Å². The SMILES string of the molecule is C=C/C=C(/CN)CC=C. The van der Waals surface area contributed by atoms with Gasteiger partial charge >= 0.3 is 0 Å². The maximum absolute atomic E-state index is 5.38. The highest BCUT2D eigenvalue weighted by Crippen LogP contribution is 1.98. The van der Waals surface area contributed by atoms with Crippen molar-refractivity contribution in [1.29, 1.82) is 0 Å². The number of hydrogen-bond acceptors (Lipinski definition) is 1. The van der Waals surface area contributed by atoms with Crippen molar-refractivity contribution in [1.82, 2.24) is 0 Å². The molecule has 0 heterocycles. The van der Waals surface area contributed by atoms with Crippen molar-refractivity contribution in [3.8, 4) is 0 Å². The van der Waals surface area contributed by atoms with Gasteiger partial charge in [0.1, 0.15) is 0 Å². The molecule has 0 saturated heterocycles. The van der Waals surface area contributed by atoms with Gasteiger partial charge in [-0.25, -0.2) is 0 Å². The lowest BCUT2D eigenvalue weighted by molar-refractivity contribution is 1.07. The van der Waals surface area contributed by atoms with Crippen molar-refractivity contribution in [2.45, 2.75) is 6.42 Å². The quantitative estimate of drug-likeness (QED) is 0.446. The van der Waals surface area contributed by atoms with Crippen LogP contribution in [0.1, 0.15) is 6.42 Å².